The summed E-state index contributed by atoms with van der Waals surface area (Å²) >= 11 is 11.7. The SMILES string of the molecule is CC(CNC(=O)Cc1ccc(NS(=O)(=O)c2ccc(Cl)c(Cl)c2)cc1)N(C)C1CC1. The number of likely N-dealkylation sites (N-methyl/N-ethyl adjacent to an activating group) is 1. The van der Waals surface area contributed by atoms with Crippen LogP contribution in [0.1, 0.15) is 25.3 Å². The highest BCUT2D eigenvalue weighted by Gasteiger charge is 2.29. The fourth-order valence-electron chi connectivity index (χ4n) is 3.04. The minimum Gasteiger partial charge on any atom is -0.354 e. The number of nitrogens with zero attached hydrogens (tertiary/aromatic N) is 1. The Balaban J connectivity index is 1.53. The number of sulfonamides is 1. The van der Waals surface area contributed by atoms with Gasteiger partial charge < -0.3 is 5.32 Å². The van der Waals surface area contributed by atoms with Gasteiger partial charge in [-0.05, 0) is 62.7 Å². The molecule has 0 bridgehead atoms. The van der Waals surface area contributed by atoms with E-state index >= 15 is 0 Å². The van der Waals surface area contributed by atoms with Crippen LogP contribution < -0.4 is 10.0 Å². The number of carbonyl (C=O) groups is 1. The summed E-state index contributed by atoms with van der Waals surface area (Å²) in [6, 6.07) is 11.8. The minimum atomic E-state index is -3.79. The molecule has 0 spiro atoms. The van der Waals surface area contributed by atoms with E-state index < -0.39 is 10.0 Å². The van der Waals surface area contributed by atoms with Gasteiger partial charge in [0.15, 0.2) is 0 Å². The molecule has 2 aromatic rings. The highest BCUT2D eigenvalue weighted by Crippen LogP contribution is 2.27. The van der Waals surface area contributed by atoms with Crippen LogP contribution in [0.15, 0.2) is 47.4 Å². The minimum absolute atomic E-state index is 0.0191. The van der Waals surface area contributed by atoms with Crippen LogP contribution in [0.4, 0.5) is 5.69 Å². The molecule has 30 heavy (non-hydrogen) atoms. The molecular weight excluding hydrogens is 445 g/mol. The van der Waals surface area contributed by atoms with E-state index in [0.29, 0.717) is 24.3 Å². The number of hydrogen-bond acceptors (Lipinski definition) is 4. The highest BCUT2D eigenvalue weighted by molar-refractivity contribution is 7.92. The Morgan fingerprint density at radius 2 is 1.80 bits per heavy atom. The molecule has 0 aliphatic heterocycles. The average molecular weight is 470 g/mol. The van der Waals surface area contributed by atoms with E-state index in [1.807, 2.05) is 0 Å². The number of amides is 1. The van der Waals surface area contributed by atoms with Crippen LogP contribution in [0.2, 0.25) is 10.0 Å². The van der Waals surface area contributed by atoms with Crippen LogP contribution in [0.3, 0.4) is 0 Å². The summed E-state index contributed by atoms with van der Waals surface area (Å²) < 4.78 is 27.5. The summed E-state index contributed by atoms with van der Waals surface area (Å²) in [4.78, 5) is 14.5. The molecule has 1 saturated carbocycles. The summed E-state index contributed by atoms with van der Waals surface area (Å²) in [6.07, 6.45) is 2.70. The molecule has 6 nitrogen and oxygen atoms in total. The molecule has 3 rings (SSSR count). The van der Waals surface area contributed by atoms with E-state index in [1.165, 1.54) is 31.0 Å². The monoisotopic (exact) mass is 469 g/mol. The van der Waals surface area contributed by atoms with Crippen molar-refractivity contribution in [2.45, 2.75) is 43.2 Å². The first kappa shape index (κ1) is 22.9. The van der Waals surface area contributed by atoms with Crippen molar-refractivity contribution >= 4 is 44.8 Å². The zero-order valence-electron chi connectivity index (χ0n) is 16.9. The number of benzene rings is 2. The third-order valence-electron chi connectivity index (χ3n) is 5.18. The Hall–Kier alpha value is -1.80. The zero-order valence-corrected chi connectivity index (χ0v) is 19.2. The van der Waals surface area contributed by atoms with Gasteiger partial charge in [-0.15, -0.1) is 0 Å². The Morgan fingerprint density at radius 3 is 2.40 bits per heavy atom. The molecule has 0 aromatic heterocycles. The second kappa shape index (κ2) is 9.56. The van der Waals surface area contributed by atoms with Crippen molar-refractivity contribution in [1.29, 1.82) is 0 Å². The van der Waals surface area contributed by atoms with Gasteiger partial charge in [0.05, 0.1) is 21.4 Å². The van der Waals surface area contributed by atoms with E-state index in [1.54, 1.807) is 24.3 Å². The molecule has 2 N–H and O–H groups in total. The van der Waals surface area contributed by atoms with Gasteiger partial charge in [0.1, 0.15) is 0 Å². The third kappa shape index (κ3) is 6.11. The lowest BCUT2D eigenvalue weighted by Gasteiger charge is -2.24. The van der Waals surface area contributed by atoms with Gasteiger partial charge in [-0.3, -0.25) is 14.4 Å². The van der Waals surface area contributed by atoms with E-state index in [0.717, 1.165) is 5.56 Å². The summed E-state index contributed by atoms with van der Waals surface area (Å²) in [5.74, 6) is -0.0600. The quantitative estimate of drug-likeness (QED) is 0.582. The summed E-state index contributed by atoms with van der Waals surface area (Å²) in [7, 11) is -1.70. The Morgan fingerprint density at radius 1 is 1.13 bits per heavy atom. The lowest BCUT2D eigenvalue weighted by molar-refractivity contribution is -0.120. The third-order valence-corrected chi connectivity index (χ3v) is 7.30. The van der Waals surface area contributed by atoms with Gasteiger partial charge in [0.25, 0.3) is 10.0 Å². The summed E-state index contributed by atoms with van der Waals surface area (Å²) in [6.45, 7) is 2.71. The van der Waals surface area contributed by atoms with Crippen molar-refractivity contribution in [3.63, 3.8) is 0 Å². The second-order valence-electron chi connectivity index (χ2n) is 7.60. The molecule has 0 saturated heterocycles. The number of anilines is 1. The van der Waals surface area contributed by atoms with Crippen molar-refractivity contribution in [3.05, 3.63) is 58.1 Å². The lowest BCUT2D eigenvalue weighted by atomic mass is 10.1. The molecule has 0 radical (unpaired) electrons. The van der Waals surface area contributed by atoms with Crippen molar-refractivity contribution in [2.75, 3.05) is 18.3 Å². The van der Waals surface area contributed by atoms with Gasteiger partial charge in [0.2, 0.25) is 5.91 Å². The van der Waals surface area contributed by atoms with Crippen LogP contribution in [-0.2, 0) is 21.2 Å². The van der Waals surface area contributed by atoms with Gasteiger partial charge >= 0.3 is 0 Å². The molecule has 162 valence electrons. The summed E-state index contributed by atoms with van der Waals surface area (Å²) in [5, 5.41) is 3.41. The molecule has 1 aliphatic rings. The number of hydrogen-bond donors (Lipinski definition) is 2. The maximum atomic E-state index is 12.5. The predicted molar refractivity (Wildman–Crippen MR) is 121 cm³/mol. The van der Waals surface area contributed by atoms with Crippen LogP contribution in [0.25, 0.3) is 0 Å². The van der Waals surface area contributed by atoms with Crippen LogP contribution >= 0.6 is 23.2 Å². The molecule has 1 amide bonds. The number of halogens is 2. The first-order valence-corrected chi connectivity index (χ1v) is 11.9. The first-order valence-electron chi connectivity index (χ1n) is 9.71. The first-order chi connectivity index (χ1) is 14.2. The predicted octanol–water partition coefficient (Wildman–Crippen LogP) is 3.94. The molecule has 9 heteroatoms. The standard InChI is InChI=1S/C21H25Cl2N3O3S/c1-14(26(2)17-7-8-17)13-24-21(27)11-15-3-5-16(6-4-15)25-30(28,29)18-9-10-19(22)20(23)12-18/h3-6,9-10,12,14,17,25H,7-8,11,13H2,1-2H3,(H,24,27). The number of rotatable bonds is 9. The maximum Gasteiger partial charge on any atom is 0.261 e. The highest BCUT2D eigenvalue weighted by atomic mass is 35.5. The van der Waals surface area contributed by atoms with E-state index in [-0.39, 0.29) is 27.3 Å². The van der Waals surface area contributed by atoms with Gasteiger partial charge in [-0.25, -0.2) is 8.42 Å². The fourth-order valence-corrected chi connectivity index (χ4v) is 4.49. The molecule has 1 fully saturated rings. The molecule has 1 unspecified atom stereocenters. The average Bonchev–Trinajstić information content (AvgIpc) is 3.54. The molecule has 1 atom stereocenters. The van der Waals surface area contributed by atoms with Crippen molar-refractivity contribution in [3.8, 4) is 0 Å². The molecule has 1 aliphatic carbocycles. The van der Waals surface area contributed by atoms with Crippen LogP contribution in [0, 0.1) is 0 Å². The largest absolute Gasteiger partial charge is 0.354 e. The molecule has 2 aromatic carbocycles. The molecule has 0 heterocycles. The van der Waals surface area contributed by atoms with Gasteiger partial charge in [0, 0.05) is 24.3 Å². The van der Waals surface area contributed by atoms with Gasteiger partial charge in [-0.2, -0.15) is 0 Å². The fraction of sp³-hybridized carbons (Fsp3) is 0.381. The van der Waals surface area contributed by atoms with Gasteiger partial charge in [-0.1, -0.05) is 35.3 Å². The number of nitrogens with one attached hydrogen (secondary N) is 2. The Labute approximate surface area is 187 Å². The zero-order chi connectivity index (χ0) is 21.9. The smallest absolute Gasteiger partial charge is 0.261 e. The summed E-state index contributed by atoms with van der Waals surface area (Å²) in [5.41, 5.74) is 1.19. The van der Waals surface area contributed by atoms with E-state index in [4.69, 9.17) is 23.2 Å². The van der Waals surface area contributed by atoms with Crippen LogP contribution in [0.5, 0.6) is 0 Å². The van der Waals surface area contributed by atoms with E-state index in [9.17, 15) is 13.2 Å². The number of carbonyl (C=O) groups excluding carboxylic acids is 1. The second-order valence-corrected chi connectivity index (χ2v) is 10.1. The van der Waals surface area contributed by atoms with Crippen molar-refractivity contribution < 1.29 is 13.2 Å². The lowest BCUT2D eigenvalue weighted by Crippen LogP contribution is -2.41. The van der Waals surface area contributed by atoms with Crippen molar-refractivity contribution in [1.82, 2.24) is 10.2 Å². The van der Waals surface area contributed by atoms with E-state index in [2.05, 4.69) is 28.9 Å². The Kier molecular flexibility index (Phi) is 7.29. The Bertz CT molecular complexity index is 1010. The van der Waals surface area contributed by atoms with Crippen molar-refractivity contribution in [2.24, 2.45) is 0 Å². The van der Waals surface area contributed by atoms with Crippen LogP contribution in [-0.4, -0.2) is 44.9 Å². The molecular formula is C21H25Cl2N3O3S. The normalized spacial score (nSPS) is 15.1. The maximum absolute atomic E-state index is 12.5. The topological polar surface area (TPSA) is 78.5 Å².